The summed E-state index contributed by atoms with van der Waals surface area (Å²) in [6.07, 6.45) is 3.03. The first kappa shape index (κ1) is 22.7. The molecule has 8 nitrogen and oxygen atoms in total. The average molecular weight is 475 g/mol. The lowest BCUT2D eigenvalue weighted by Crippen LogP contribution is -2.40. The van der Waals surface area contributed by atoms with Gasteiger partial charge in [-0.3, -0.25) is 14.9 Å². The molecule has 180 valence electrons. The molecule has 1 aromatic heterocycles. The van der Waals surface area contributed by atoms with Crippen molar-refractivity contribution in [1.29, 1.82) is 0 Å². The van der Waals surface area contributed by atoms with Crippen LogP contribution in [-0.2, 0) is 9.53 Å². The number of carbonyl (C=O) groups is 3. The van der Waals surface area contributed by atoms with Crippen molar-refractivity contribution in [3.8, 4) is 11.1 Å². The van der Waals surface area contributed by atoms with E-state index in [0.717, 1.165) is 28.7 Å². The quantitative estimate of drug-likeness (QED) is 0.462. The molecule has 2 atom stereocenters. The maximum Gasteiger partial charge on any atom is 0.411 e. The third-order valence-electron chi connectivity index (χ3n) is 6.81. The van der Waals surface area contributed by atoms with E-state index >= 15 is 0 Å². The van der Waals surface area contributed by atoms with Crippen molar-refractivity contribution in [1.82, 2.24) is 5.32 Å². The molecule has 0 spiro atoms. The van der Waals surface area contributed by atoms with Gasteiger partial charge >= 0.3 is 12.1 Å². The van der Waals surface area contributed by atoms with Crippen LogP contribution >= 0.6 is 0 Å². The first-order valence-electron chi connectivity index (χ1n) is 11.7. The molecule has 2 amide bonds. The lowest BCUT2D eigenvalue weighted by molar-refractivity contribution is -0.143. The SMILES string of the molecule is O=C(Nc1ccoc1C(=O)N[C@H]1CCC[C@@H](C(=O)O)C1)OCC1c2ccccc2-c2ccccc21. The van der Waals surface area contributed by atoms with Gasteiger partial charge in [0.05, 0.1) is 17.9 Å². The second-order valence-electron chi connectivity index (χ2n) is 8.99. The fourth-order valence-electron chi connectivity index (χ4n) is 5.12. The van der Waals surface area contributed by atoms with Gasteiger partial charge in [-0.05, 0) is 41.5 Å². The van der Waals surface area contributed by atoms with Gasteiger partial charge in [-0.25, -0.2) is 4.79 Å². The Kier molecular flexibility index (Phi) is 6.27. The minimum atomic E-state index is -0.848. The Bertz CT molecular complexity index is 1220. The summed E-state index contributed by atoms with van der Waals surface area (Å²) in [5, 5.41) is 14.7. The van der Waals surface area contributed by atoms with Crippen LogP contribution in [0.3, 0.4) is 0 Å². The van der Waals surface area contributed by atoms with Crippen LogP contribution in [0.25, 0.3) is 11.1 Å². The highest BCUT2D eigenvalue weighted by Gasteiger charge is 2.31. The number of furan rings is 1. The van der Waals surface area contributed by atoms with Gasteiger partial charge < -0.3 is 19.6 Å². The highest BCUT2D eigenvalue weighted by Crippen LogP contribution is 2.44. The van der Waals surface area contributed by atoms with Gasteiger partial charge in [0.1, 0.15) is 6.61 Å². The number of carboxylic acid groups (broad SMARTS) is 1. The summed E-state index contributed by atoms with van der Waals surface area (Å²) in [6, 6.07) is 17.4. The van der Waals surface area contributed by atoms with Crippen molar-refractivity contribution in [2.24, 2.45) is 5.92 Å². The molecule has 2 aliphatic carbocycles. The van der Waals surface area contributed by atoms with Crippen LogP contribution in [0.2, 0.25) is 0 Å². The molecular formula is C27H26N2O6. The number of rotatable bonds is 6. The van der Waals surface area contributed by atoms with E-state index < -0.39 is 23.9 Å². The van der Waals surface area contributed by atoms with Crippen LogP contribution in [-0.4, -0.2) is 35.7 Å². The number of carbonyl (C=O) groups excluding carboxylic acids is 2. The molecule has 0 radical (unpaired) electrons. The topological polar surface area (TPSA) is 118 Å². The van der Waals surface area contributed by atoms with Crippen LogP contribution in [0.4, 0.5) is 10.5 Å². The molecule has 1 heterocycles. The number of hydrogen-bond acceptors (Lipinski definition) is 5. The molecule has 0 aliphatic heterocycles. The molecule has 0 unspecified atom stereocenters. The van der Waals surface area contributed by atoms with Crippen molar-refractivity contribution in [2.75, 3.05) is 11.9 Å². The van der Waals surface area contributed by atoms with E-state index in [9.17, 15) is 19.5 Å². The summed E-state index contributed by atoms with van der Waals surface area (Å²) in [4.78, 5) is 36.6. The number of ether oxygens (including phenoxy) is 1. The Balaban J connectivity index is 1.21. The van der Waals surface area contributed by atoms with Gasteiger partial charge in [0.15, 0.2) is 0 Å². The minimum absolute atomic E-state index is 0.0454. The van der Waals surface area contributed by atoms with Crippen molar-refractivity contribution in [2.45, 2.75) is 37.6 Å². The predicted octanol–water partition coefficient (Wildman–Crippen LogP) is 5.01. The Morgan fingerprint density at radius 2 is 1.66 bits per heavy atom. The van der Waals surface area contributed by atoms with Crippen LogP contribution in [0.1, 0.15) is 53.3 Å². The van der Waals surface area contributed by atoms with E-state index in [2.05, 4.69) is 22.8 Å². The van der Waals surface area contributed by atoms with Gasteiger partial charge in [-0.1, -0.05) is 55.0 Å². The zero-order chi connectivity index (χ0) is 24.4. The number of nitrogens with one attached hydrogen (secondary N) is 2. The molecule has 0 bridgehead atoms. The fourth-order valence-corrected chi connectivity index (χ4v) is 5.12. The monoisotopic (exact) mass is 474 g/mol. The Hall–Kier alpha value is -4.07. The van der Waals surface area contributed by atoms with E-state index in [4.69, 9.17) is 9.15 Å². The first-order valence-corrected chi connectivity index (χ1v) is 11.7. The number of aliphatic carboxylic acids is 1. The second-order valence-corrected chi connectivity index (χ2v) is 8.99. The molecule has 1 fully saturated rings. The Morgan fingerprint density at radius 1 is 0.971 bits per heavy atom. The zero-order valence-electron chi connectivity index (χ0n) is 19.0. The highest BCUT2D eigenvalue weighted by molar-refractivity contribution is 6.00. The molecule has 0 saturated heterocycles. The number of hydrogen-bond donors (Lipinski definition) is 3. The summed E-state index contributed by atoms with van der Waals surface area (Å²) >= 11 is 0. The zero-order valence-corrected chi connectivity index (χ0v) is 19.0. The van der Waals surface area contributed by atoms with E-state index in [1.165, 1.54) is 12.3 Å². The molecule has 5 rings (SSSR count). The van der Waals surface area contributed by atoms with Crippen LogP contribution in [0.15, 0.2) is 65.3 Å². The van der Waals surface area contributed by atoms with Gasteiger partial charge in [0, 0.05) is 18.0 Å². The number of fused-ring (bicyclic) bond motifs is 3. The second kappa shape index (κ2) is 9.66. The minimum Gasteiger partial charge on any atom is -0.481 e. The Morgan fingerprint density at radius 3 is 2.34 bits per heavy atom. The average Bonchev–Trinajstić information content (AvgIpc) is 3.45. The van der Waals surface area contributed by atoms with Gasteiger partial charge in [0.2, 0.25) is 5.76 Å². The van der Waals surface area contributed by atoms with Crippen LogP contribution < -0.4 is 10.6 Å². The van der Waals surface area contributed by atoms with E-state index in [1.807, 2.05) is 36.4 Å². The predicted molar refractivity (Wildman–Crippen MR) is 128 cm³/mol. The van der Waals surface area contributed by atoms with Crippen molar-refractivity contribution in [3.63, 3.8) is 0 Å². The van der Waals surface area contributed by atoms with Crippen molar-refractivity contribution in [3.05, 3.63) is 77.7 Å². The lowest BCUT2D eigenvalue weighted by atomic mass is 9.86. The van der Waals surface area contributed by atoms with Crippen LogP contribution in [0.5, 0.6) is 0 Å². The van der Waals surface area contributed by atoms with E-state index in [-0.39, 0.29) is 30.0 Å². The smallest absolute Gasteiger partial charge is 0.411 e. The standard InChI is InChI=1S/C27H26N2O6/c30-25(28-17-7-5-6-16(14-17)26(31)32)24-23(12-13-34-24)29-27(33)35-15-22-20-10-3-1-8-18(20)19-9-2-4-11-21(19)22/h1-4,8-13,16-17,22H,5-7,14-15H2,(H,28,30)(H,29,33)(H,31,32)/t16-,17+/m1/s1. The van der Waals surface area contributed by atoms with Crippen LogP contribution in [0, 0.1) is 5.92 Å². The number of carboxylic acids is 1. The van der Waals surface area contributed by atoms with E-state index in [1.54, 1.807) is 0 Å². The van der Waals surface area contributed by atoms with E-state index in [0.29, 0.717) is 19.3 Å². The maximum absolute atomic E-state index is 12.8. The molecule has 1 saturated carbocycles. The molecule has 3 aromatic rings. The third kappa shape index (κ3) is 4.64. The number of benzene rings is 2. The highest BCUT2D eigenvalue weighted by atomic mass is 16.5. The summed E-state index contributed by atoms with van der Waals surface area (Å²) in [5.41, 5.74) is 4.69. The molecule has 2 aliphatic rings. The number of anilines is 1. The van der Waals surface area contributed by atoms with Crippen molar-refractivity contribution >= 4 is 23.7 Å². The summed E-state index contributed by atoms with van der Waals surface area (Å²) in [6.45, 7) is 0.151. The summed E-state index contributed by atoms with van der Waals surface area (Å²) in [5.74, 6) is -1.94. The van der Waals surface area contributed by atoms with Gasteiger partial charge in [0.25, 0.3) is 5.91 Å². The molecule has 35 heavy (non-hydrogen) atoms. The third-order valence-corrected chi connectivity index (χ3v) is 6.81. The largest absolute Gasteiger partial charge is 0.481 e. The lowest BCUT2D eigenvalue weighted by Gasteiger charge is -2.27. The van der Waals surface area contributed by atoms with Gasteiger partial charge in [-0.15, -0.1) is 0 Å². The molecular weight excluding hydrogens is 448 g/mol. The Labute approximate surface area is 202 Å². The fraction of sp³-hybridized carbons (Fsp3) is 0.296. The molecule has 8 heteroatoms. The summed E-state index contributed by atoms with van der Waals surface area (Å²) < 4.78 is 10.9. The molecule has 3 N–H and O–H groups in total. The normalized spacial score (nSPS) is 18.9. The maximum atomic E-state index is 12.8. The molecule has 2 aromatic carbocycles. The van der Waals surface area contributed by atoms with Gasteiger partial charge in [-0.2, -0.15) is 0 Å². The first-order chi connectivity index (χ1) is 17.0. The summed E-state index contributed by atoms with van der Waals surface area (Å²) in [7, 11) is 0. The van der Waals surface area contributed by atoms with Crippen molar-refractivity contribution < 1.29 is 28.6 Å². The number of amides is 2.